The Bertz CT molecular complexity index is 471. The quantitative estimate of drug-likeness (QED) is 0.899. The van der Waals surface area contributed by atoms with Crippen LogP contribution in [0.3, 0.4) is 0 Å². The first kappa shape index (κ1) is 18.4. The molecule has 1 aromatic carbocycles. The Balaban J connectivity index is 0.00000220. The molecule has 2 unspecified atom stereocenters. The third-order valence-electron chi connectivity index (χ3n) is 4.06. The van der Waals surface area contributed by atoms with Crippen molar-refractivity contribution in [3.05, 3.63) is 22.7 Å². The Labute approximate surface area is 137 Å². The molecule has 0 bridgehead atoms. The third-order valence-corrected chi connectivity index (χ3v) is 4.48. The van der Waals surface area contributed by atoms with Crippen molar-refractivity contribution in [2.24, 2.45) is 11.7 Å². The molecular formula is C15H24Cl2N2O2. The van der Waals surface area contributed by atoms with E-state index >= 15 is 0 Å². The number of halogens is 2. The highest BCUT2D eigenvalue weighted by Crippen LogP contribution is 2.38. The average Bonchev–Trinajstić information content (AvgIpc) is 2.81. The number of nitrogens with two attached hydrogens (primary N) is 1. The van der Waals surface area contributed by atoms with Crippen molar-refractivity contribution in [3.8, 4) is 11.5 Å². The maximum Gasteiger partial charge on any atom is 0.179 e. The number of methoxy groups -OCH3 is 2. The summed E-state index contributed by atoms with van der Waals surface area (Å²) in [7, 11) is 3.22. The van der Waals surface area contributed by atoms with Gasteiger partial charge in [0.15, 0.2) is 11.5 Å². The van der Waals surface area contributed by atoms with Crippen LogP contribution < -0.4 is 15.2 Å². The zero-order valence-electron chi connectivity index (χ0n) is 12.8. The molecule has 1 aliphatic heterocycles. The van der Waals surface area contributed by atoms with Gasteiger partial charge in [-0.25, -0.2) is 0 Å². The van der Waals surface area contributed by atoms with Gasteiger partial charge in [0.05, 0.1) is 19.2 Å². The van der Waals surface area contributed by atoms with Crippen LogP contribution in [0.5, 0.6) is 11.5 Å². The molecule has 120 valence electrons. The van der Waals surface area contributed by atoms with E-state index in [2.05, 4.69) is 11.8 Å². The summed E-state index contributed by atoms with van der Waals surface area (Å²) < 4.78 is 10.6. The zero-order chi connectivity index (χ0) is 14.7. The van der Waals surface area contributed by atoms with E-state index in [9.17, 15) is 0 Å². The van der Waals surface area contributed by atoms with Crippen molar-refractivity contribution in [1.82, 2.24) is 4.90 Å². The Morgan fingerprint density at radius 3 is 2.57 bits per heavy atom. The third kappa shape index (κ3) is 3.95. The molecule has 0 radical (unpaired) electrons. The molecule has 2 atom stereocenters. The summed E-state index contributed by atoms with van der Waals surface area (Å²) in [6.45, 7) is 4.84. The first-order chi connectivity index (χ1) is 9.60. The van der Waals surface area contributed by atoms with Gasteiger partial charge in [-0.2, -0.15) is 0 Å². The van der Waals surface area contributed by atoms with Crippen LogP contribution in [0.4, 0.5) is 0 Å². The first-order valence-electron chi connectivity index (χ1n) is 6.94. The van der Waals surface area contributed by atoms with Crippen molar-refractivity contribution in [1.29, 1.82) is 0 Å². The second-order valence-electron chi connectivity index (χ2n) is 5.39. The smallest absolute Gasteiger partial charge is 0.179 e. The van der Waals surface area contributed by atoms with Crippen LogP contribution in [0.1, 0.15) is 18.9 Å². The summed E-state index contributed by atoms with van der Waals surface area (Å²) in [6, 6.07) is 4.45. The molecule has 0 saturated carbocycles. The van der Waals surface area contributed by atoms with Crippen molar-refractivity contribution in [3.63, 3.8) is 0 Å². The number of nitrogens with zero attached hydrogens (tertiary/aromatic N) is 1. The fraction of sp³-hybridized carbons (Fsp3) is 0.600. The van der Waals surface area contributed by atoms with Gasteiger partial charge in [0.2, 0.25) is 0 Å². The topological polar surface area (TPSA) is 47.7 Å². The molecule has 0 aromatic heterocycles. The summed E-state index contributed by atoms with van der Waals surface area (Å²) in [4.78, 5) is 2.42. The average molecular weight is 335 g/mol. The summed E-state index contributed by atoms with van der Waals surface area (Å²) in [5.74, 6) is 1.85. The lowest BCUT2D eigenvalue weighted by Gasteiger charge is -2.22. The molecular weight excluding hydrogens is 311 g/mol. The Hall–Kier alpha value is -0.680. The Morgan fingerprint density at radius 1 is 1.33 bits per heavy atom. The molecule has 1 saturated heterocycles. The molecule has 1 aliphatic rings. The van der Waals surface area contributed by atoms with Crippen molar-refractivity contribution < 1.29 is 9.47 Å². The van der Waals surface area contributed by atoms with Crippen molar-refractivity contribution in [2.45, 2.75) is 25.9 Å². The van der Waals surface area contributed by atoms with Gasteiger partial charge in [-0.3, -0.25) is 4.90 Å². The summed E-state index contributed by atoms with van der Waals surface area (Å²) in [5.41, 5.74) is 6.84. The van der Waals surface area contributed by atoms with Crippen molar-refractivity contribution in [2.75, 3.05) is 27.3 Å². The minimum atomic E-state index is 0. The van der Waals surface area contributed by atoms with Gasteiger partial charge in [0, 0.05) is 19.1 Å². The zero-order valence-corrected chi connectivity index (χ0v) is 14.3. The minimum Gasteiger partial charge on any atom is -0.493 e. The molecule has 4 nitrogen and oxygen atoms in total. The van der Waals surface area contributed by atoms with Gasteiger partial charge in [0.1, 0.15) is 0 Å². The molecule has 2 rings (SSSR count). The van der Waals surface area contributed by atoms with E-state index in [1.54, 1.807) is 14.2 Å². The normalized spacial score (nSPS) is 22.0. The fourth-order valence-corrected chi connectivity index (χ4v) is 3.17. The molecule has 0 spiro atoms. The summed E-state index contributed by atoms with van der Waals surface area (Å²) >= 11 is 6.43. The second kappa shape index (κ2) is 8.08. The maximum atomic E-state index is 6.43. The van der Waals surface area contributed by atoms with Crippen LogP contribution >= 0.6 is 24.0 Å². The van der Waals surface area contributed by atoms with E-state index in [1.165, 1.54) is 0 Å². The van der Waals surface area contributed by atoms with E-state index in [0.717, 1.165) is 31.6 Å². The number of benzene rings is 1. The number of likely N-dealkylation sites (tertiary alicyclic amines) is 1. The molecule has 0 aliphatic carbocycles. The SMILES string of the molecule is COc1ccc(CN2CC(CN)CC2C)c(Cl)c1OC.Cl. The van der Waals surface area contributed by atoms with E-state index in [1.807, 2.05) is 12.1 Å². The molecule has 6 heteroatoms. The van der Waals surface area contributed by atoms with E-state index in [4.69, 9.17) is 26.8 Å². The van der Waals surface area contributed by atoms with Gasteiger partial charge in [0.25, 0.3) is 0 Å². The second-order valence-corrected chi connectivity index (χ2v) is 5.77. The number of hydrogen-bond acceptors (Lipinski definition) is 4. The monoisotopic (exact) mass is 334 g/mol. The maximum absolute atomic E-state index is 6.43. The summed E-state index contributed by atoms with van der Waals surface area (Å²) in [6.07, 6.45) is 1.15. The van der Waals surface area contributed by atoms with Gasteiger partial charge in [-0.1, -0.05) is 17.7 Å². The van der Waals surface area contributed by atoms with Gasteiger partial charge >= 0.3 is 0 Å². The Kier molecular flexibility index (Phi) is 7.07. The molecule has 0 amide bonds. The molecule has 1 heterocycles. The van der Waals surface area contributed by atoms with Crippen LogP contribution in [-0.4, -0.2) is 38.3 Å². The lowest BCUT2D eigenvalue weighted by atomic mass is 10.1. The lowest BCUT2D eigenvalue weighted by Crippen LogP contribution is -2.27. The fourth-order valence-electron chi connectivity index (χ4n) is 2.88. The molecule has 1 fully saturated rings. The highest BCUT2D eigenvalue weighted by atomic mass is 35.5. The Morgan fingerprint density at radius 2 is 2.05 bits per heavy atom. The van der Waals surface area contributed by atoms with Crippen LogP contribution in [0, 0.1) is 5.92 Å². The largest absolute Gasteiger partial charge is 0.493 e. The molecule has 1 aromatic rings. The first-order valence-corrected chi connectivity index (χ1v) is 7.32. The van der Waals surface area contributed by atoms with Gasteiger partial charge in [-0.05, 0) is 37.4 Å². The van der Waals surface area contributed by atoms with Crippen molar-refractivity contribution >= 4 is 24.0 Å². The highest BCUT2D eigenvalue weighted by molar-refractivity contribution is 6.33. The van der Waals surface area contributed by atoms with Gasteiger partial charge < -0.3 is 15.2 Å². The highest BCUT2D eigenvalue weighted by Gasteiger charge is 2.28. The van der Waals surface area contributed by atoms with Crippen LogP contribution in [0.25, 0.3) is 0 Å². The predicted octanol–water partition coefficient (Wildman–Crippen LogP) is 2.95. The molecule has 21 heavy (non-hydrogen) atoms. The lowest BCUT2D eigenvalue weighted by molar-refractivity contribution is 0.255. The summed E-state index contributed by atoms with van der Waals surface area (Å²) in [5, 5.41) is 0.634. The standard InChI is InChI=1S/C15H23ClN2O2.ClH/c1-10-6-11(7-17)8-18(10)9-12-4-5-13(19-2)15(20-3)14(12)16;/h4-5,10-11H,6-9,17H2,1-3H3;1H. The van der Waals surface area contributed by atoms with E-state index in [0.29, 0.717) is 28.5 Å². The van der Waals surface area contributed by atoms with Crippen LogP contribution in [-0.2, 0) is 6.54 Å². The number of rotatable bonds is 5. The number of ether oxygens (including phenoxy) is 2. The predicted molar refractivity (Wildman–Crippen MR) is 88.8 cm³/mol. The molecule has 2 N–H and O–H groups in total. The van der Waals surface area contributed by atoms with Crippen LogP contribution in [0.15, 0.2) is 12.1 Å². The number of hydrogen-bond donors (Lipinski definition) is 1. The van der Waals surface area contributed by atoms with Gasteiger partial charge in [-0.15, -0.1) is 12.4 Å². The van der Waals surface area contributed by atoms with E-state index in [-0.39, 0.29) is 12.4 Å². The van der Waals surface area contributed by atoms with Crippen LogP contribution in [0.2, 0.25) is 5.02 Å². The van der Waals surface area contributed by atoms with E-state index < -0.39 is 0 Å². The minimum absolute atomic E-state index is 0.